The standard InChI is InChI=1S/C13H17N5O2/c1-16(2)11-7-13(20)18(15-8-11)6-5-17-9-10(14)3-4-12(17)19/h3-4,7-9H,5-6,14H2,1-2H3. The smallest absolute Gasteiger partial charge is 0.268 e. The molecule has 20 heavy (non-hydrogen) atoms. The first-order valence-electron chi connectivity index (χ1n) is 6.18. The Morgan fingerprint density at radius 3 is 2.60 bits per heavy atom. The molecular weight excluding hydrogens is 258 g/mol. The summed E-state index contributed by atoms with van der Waals surface area (Å²) >= 11 is 0. The molecule has 0 aliphatic rings. The lowest BCUT2D eigenvalue weighted by Gasteiger charge is -2.12. The van der Waals surface area contributed by atoms with E-state index >= 15 is 0 Å². The summed E-state index contributed by atoms with van der Waals surface area (Å²) in [7, 11) is 3.68. The zero-order valence-electron chi connectivity index (χ0n) is 11.5. The van der Waals surface area contributed by atoms with Crippen LogP contribution in [0.2, 0.25) is 0 Å². The Hall–Kier alpha value is -2.57. The van der Waals surface area contributed by atoms with Gasteiger partial charge in [-0.3, -0.25) is 9.59 Å². The van der Waals surface area contributed by atoms with E-state index in [-0.39, 0.29) is 11.1 Å². The fourth-order valence-corrected chi connectivity index (χ4v) is 1.76. The van der Waals surface area contributed by atoms with Crippen molar-refractivity contribution >= 4 is 11.4 Å². The number of pyridine rings is 1. The highest BCUT2D eigenvalue weighted by Crippen LogP contribution is 2.03. The molecular formula is C13H17N5O2. The fourth-order valence-electron chi connectivity index (χ4n) is 1.76. The Morgan fingerprint density at radius 2 is 1.95 bits per heavy atom. The van der Waals surface area contributed by atoms with Crippen molar-refractivity contribution in [2.75, 3.05) is 24.7 Å². The number of rotatable bonds is 4. The van der Waals surface area contributed by atoms with Crippen LogP contribution >= 0.6 is 0 Å². The summed E-state index contributed by atoms with van der Waals surface area (Å²) in [5.74, 6) is 0. The van der Waals surface area contributed by atoms with E-state index in [1.165, 1.54) is 21.4 Å². The molecule has 2 rings (SSSR count). The third-order valence-corrected chi connectivity index (χ3v) is 2.93. The van der Waals surface area contributed by atoms with Gasteiger partial charge in [-0.15, -0.1) is 0 Å². The number of anilines is 2. The predicted octanol–water partition coefficient (Wildman–Crippen LogP) is -0.247. The van der Waals surface area contributed by atoms with Crippen molar-refractivity contribution in [3.63, 3.8) is 0 Å². The molecule has 0 fully saturated rings. The van der Waals surface area contributed by atoms with Crippen molar-refractivity contribution in [3.8, 4) is 0 Å². The van der Waals surface area contributed by atoms with Crippen LogP contribution in [0.4, 0.5) is 11.4 Å². The first-order chi connectivity index (χ1) is 9.47. The van der Waals surface area contributed by atoms with Crippen LogP contribution in [0.1, 0.15) is 0 Å². The first-order valence-corrected chi connectivity index (χ1v) is 6.18. The summed E-state index contributed by atoms with van der Waals surface area (Å²) < 4.78 is 2.78. The monoisotopic (exact) mass is 275 g/mol. The van der Waals surface area contributed by atoms with E-state index in [1.807, 2.05) is 14.1 Å². The summed E-state index contributed by atoms with van der Waals surface area (Å²) in [4.78, 5) is 25.3. The topological polar surface area (TPSA) is 86.2 Å². The second-order valence-electron chi connectivity index (χ2n) is 4.66. The Labute approximate surface area is 115 Å². The van der Waals surface area contributed by atoms with E-state index in [0.717, 1.165) is 5.69 Å². The normalized spacial score (nSPS) is 10.5. The molecule has 0 atom stereocenters. The summed E-state index contributed by atoms with van der Waals surface area (Å²) in [5, 5.41) is 4.08. The van der Waals surface area contributed by atoms with E-state index < -0.39 is 0 Å². The van der Waals surface area contributed by atoms with Gasteiger partial charge in [0.1, 0.15) is 0 Å². The molecule has 0 aliphatic heterocycles. The number of nitrogens with zero attached hydrogens (tertiary/aromatic N) is 4. The molecule has 0 amide bonds. The fraction of sp³-hybridized carbons (Fsp3) is 0.308. The largest absolute Gasteiger partial charge is 0.398 e. The molecule has 0 spiro atoms. The molecule has 106 valence electrons. The predicted molar refractivity (Wildman–Crippen MR) is 77.9 cm³/mol. The van der Waals surface area contributed by atoms with Crippen LogP contribution in [0.3, 0.4) is 0 Å². The molecule has 0 aromatic carbocycles. The summed E-state index contributed by atoms with van der Waals surface area (Å²) in [5.41, 5.74) is 6.52. The minimum absolute atomic E-state index is 0.155. The zero-order valence-corrected chi connectivity index (χ0v) is 11.5. The maximum atomic E-state index is 11.9. The van der Waals surface area contributed by atoms with Gasteiger partial charge in [0, 0.05) is 44.7 Å². The lowest BCUT2D eigenvalue weighted by molar-refractivity contribution is 0.503. The molecule has 2 N–H and O–H groups in total. The van der Waals surface area contributed by atoms with Crippen molar-refractivity contribution < 1.29 is 0 Å². The minimum atomic E-state index is -0.201. The molecule has 0 saturated carbocycles. The maximum absolute atomic E-state index is 11.9. The molecule has 7 nitrogen and oxygen atoms in total. The van der Waals surface area contributed by atoms with Crippen LogP contribution in [0.15, 0.2) is 40.2 Å². The van der Waals surface area contributed by atoms with Gasteiger partial charge < -0.3 is 15.2 Å². The third-order valence-electron chi connectivity index (χ3n) is 2.93. The van der Waals surface area contributed by atoms with Gasteiger partial charge in [0.15, 0.2) is 0 Å². The van der Waals surface area contributed by atoms with Crippen molar-refractivity contribution in [2.24, 2.45) is 0 Å². The number of nitrogens with two attached hydrogens (primary N) is 1. The van der Waals surface area contributed by atoms with Gasteiger partial charge in [0.05, 0.1) is 18.4 Å². The Kier molecular flexibility index (Phi) is 3.88. The summed E-state index contributed by atoms with van der Waals surface area (Å²) in [6.07, 6.45) is 3.17. The maximum Gasteiger partial charge on any atom is 0.268 e. The van der Waals surface area contributed by atoms with E-state index in [0.29, 0.717) is 18.8 Å². The number of hydrogen-bond donors (Lipinski definition) is 1. The van der Waals surface area contributed by atoms with Crippen molar-refractivity contribution in [3.05, 3.63) is 51.3 Å². The highest BCUT2D eigenvalue weighted by atomic mass is 16.1. The van der Waals surface area contributed by atoms with Crippen molar-refractivity contribution in [1.82, 2.24) is 14.3 Å². The summed E-state index contributed by atoms with van der Waals surface area (Å²) in [6.45, 7) is 0.661. The Balaban J connectivity index is 2.17. The van der Waals surface area contributed by atoms with Gasteiger partial charge in [-0.05, 0) is 6.07 Å². The first kappa shape index (κ1) is 13.9. The van der Waals surface area contributed by atoms with E-state index in [9.17, 15) is 9.59 Å². The van der Waals surface area contributed by atoms with E-state index in [1.54, 1.807) is 23.4 Å². The van der Waals surface area contributed by atoms with Gasteiger partial charge in [0.2, 0.25) is 0 Å². The Bertz CT molecular complexity index is 717. The number of aromatic nitrogens is 3. The zero-order chi connectivity index (χ0) is 14.7. The number of aryl methyl sites for hydroxylation is 2. The van der Waals surface area contributed by atoms with Crippen LogP contribution in [-0.4, -0.2) is 28.4 Å². The van der Waals surface area contributed by atoms with Crippen LogP contribution in [0.25, 0.3) is 0 Å². The van der Waals surface area contributed by atoms with E-state index in [4.69, 9.17) is 5.73 Å². The van der Waals surface area contributed by atoms with Gasteiger partial charge in [-0.1, -0.05) is 0 Å². The van der Waals surface area contributed by atoms with Crippen LogP contribution in [0.5, 0.6) is 0 Å². The molecule has 2 aromatic rings. The molecule has 2 heterocycles. The van der Waals surface area contributed by atoms with Gasteiger partial charge in [-0.25, -0.2) is 4.68 Å². The molecule has 0 saturated heterocycles. The van der Waals surface area contributed by atoms with Gasteiger partial charge in [-0.2, -0.15) is 5.10 Å². The van der Waals surface area contributed by atoms with Crippen molar-refractivity contribution in [2.45, 2.75) is 13.1 Å². The lowest BCUT2D eigenvalue weighted by Crippen LogP contribution is -2.28. The van der Waals surface area contributed by atoms with E-state index in [2.05, 4.69) is 5.10 Å². The van der Waals surface area contributed by atoms with Crippen LogP contribution in [0, 0.1) is 0 Å². The molecule has 0 radical (unpaired) electrons. The average Bonchev–Trinajstić information content (AvgIpc) is 2.40. The highest BCUT2D eigenvalue weighted by molar-refractivity contribution is 5.40. The quantitative estimate of drug-likeness (QED) is 0.831. The number of nitrogen functional groups attached to an aromatic ring is 1. The van der Waals surface area contributed by atoms with Crippen LogP contribution < -0.4 is 21.8 Å². The minimum Gasteiger partial charge on any atom is -0.398 e. The van der Waals surface area contributed by atoms with Crippen molar-refractivity contribution in [1.29, 1.82) is 0 Å². The van der Waals surface area contributed by atoms with Crippen LogP contribution in [-0.2, 0) is 13.1 Å². The molecule has 0 bridgehead atoms. The Morgan fingerprint density at radius 1 is 1.20 bits per heavy atom. The number of hydrogen-bond acceptors (Lipinski definition) is 5. The molecule has 0 unspecified atom stereocenters. The molecule has 2 aromatic heterocycles. The second-order valence-corrected chi connectivity index (χ2v) is 4.66. The SMILES string of the molecule is CN(C)c1cnn(CCn2cc(N)ccc2=O)c(=O)c1. The second kappa shape index (κ2) is 5.60. The van der Waals surface area contributed by atoms with Gasteiger partial charge in [0.25, 0.3) is 11.1 Å². The third kappa shape index (κ3) is 3.05. The lowest BCUT2D eigenvalue weighted by atomic mass is 10.4. The molecule has 0 aliphatic carbocycles. The highest BCUT2D eigenvalue weighted by Gasteiger charge is 2.03. The molecule has 7 heteroatoms. The summed E-state index contributed by atoms with van der Waals surface area (Å²) in [6, 6.07) is 4.46. The average molecular weight is 275 g/mol. The van der Waals surface area contributed by atoms with Gasteiger partial charge >= 0.3 is 0 Å².